The zero-order chi connectivity index (χ0) is 13.9. The number of rotatable bonds is 10. The van der Waals surface area contributed by atoms with Crippen molar-refractivity contribution in [3.05, 3.63) is 35.9 Å². The molecule has 0 radical (unpaired) electrons. The second kappa shape index (κ2) is 9.96. The Balaban J connectivity index is 2.41. The van der Waals surface area contributed by atoms with E-state index in [9.17, 15) is 0 Å². The van der Waals surface area contributed by atoms with Gasteiger partial charge in [-0.25, -0.2) is 0 Å². The second-order valence-electron chi connectivity index (χ2n) is 4.95. The van der Waals surface area contributed by atoms with Crippen molar-refractivity contribution in [2.75, 3.05) is 26.4 Å². The largest absolute Gasteiger partial charge is 0.379 e. The minimum atomic E-state index is 0.0915. The van der Waals surface area contributed by atoms with Gasteiger partial charge in [0.15, 0.2) is 0 Å². The molecule has 3 nitrogen and oxygen atoms in total. The van der Waals surface area contributed by atoms with Crippen LogP contribution in [0.25, 0.3) is 0 Å². The highest BCUT2D eigenvalue weighted by atomic mass is 16.5. The van der Waals surface area contributed by atoms with Gasteiger partial charge in [0.25, 0.3) is 0 Å². The summed E-state index contributed by atoms with van der Waals surface area (Å²) in [5.41, 5.74) is 1.21. The Bertz CT molecular complexity index is 314. The summed E-state index contributed by atoms with van der Waals surface area (Å²) < 4.78 is 11.4. The van der Waals surface area contributed by atoms with Gasteiger partial charge in [0, 0.05) is 19.2 Å². The standard InChI is InChI=1S/C16H27NO2/c1-4-10-18-11-12-19-16(13-17-14(2)3)15-8-6-5-7-9-15/h5-9,14,16-17H,4,10-13H2,1-3H3. The molecule has 1 aromatic carbocycles. The zero-order valence-electron chi connectivity index (χ0n) is 12.4. The summed E-state index contributed by atoms with van der Waals surface area (Å²) in [6.45, 7) is 9.34. The SMILES string of the molecule is CCCOCCOC(CNC(C)C)c1ccccc1. The molecule has 0 saturated heterocycles. The van der Waals surface area contributed by atoms with Gasteiger partial charge < -0.3 is 14.8 Å². The number of ether oxygens (including phenoxy) is 2. The molecular formula is C16H27NO2. The van der Waals surface area contributed by atoms with Crippen molar-refractivity contribution in [1.82, 2.24) is 5.32 Å². The van der Waals surface area contributed by atoms with Crippen molar-refractivity contribution in [2.24, 2.45) is 0 Å². The van der Waals surface area contributed by atoms with Gasteiger partial charge >= 0.3 is 0 Å². The topological polar surface area (TPSA) is 30.5 Å². The summed E-state index contributed by atoms with van der Waals surface area (Å²) in [6, 6.07) is 10.8. The quantitative estimate of drug-likeness (QED) is 0.659. The van der Waals surface area contributed by atoms with E-state index in [0.29, 0.717) is 19.3 Å². The molecule has 0 spiro atoms. The summed E-state index contributed by atoms with van der Waals surface area (Å²) in [4.78, 5) is 0. The van der Waals surface area contributed by atoms with E-state index in [4.69, 9.17) is 9.47 Å². The van der Waals surface area contributed by atoms with E-state index < -0.39 is 0 Å². The average Bonchev–Trinajstić information content (AvgIpc) is 2.42. The van der Waals surface area contributed by atoms with Crippen LogP contribution in [0.1, 0.15) is 38.9 Å². The molecule has 0 heterocycles. The van der Waals surface area contributed by atoms with Crippen molar-refractivity contribution >= 4 is 0 Å². The Hall–Kier alpha value is -0.900. The molecule has 19 heavy (non-hydrogen) atoms. The van der Waals surface area contributed by atoms with Gasteiger partial charge in [-0.15, -0.1) is 0 Å². The van der Waals surface area contributed by atoms with Crippen molar-refractivity contribution in [2.45, 2.75) is 39.3 Å². The molecule has 0 amide bonds. The van der Waals surface area contributed by atoms with Gasteiger partial charge in [-0.2, -0.15) is 0 Å². The Morgan fingerprint density at radius 1 is 1.05 bits per heavy atom. The van der Waals surface area contributed by atoms with Crippen molar-refractivity contribution < 1.29 is 9.47 Å². The number of hydrogen-bond donors (Lipinski definition) is 1. The molecule has 0 aromatic heterocycles. The van der Waals surface area contributed by atoms with Crippen molar-refractivity contribution in [3.8, 4) is 0 Å². The highest BCUT2D eigenvalue weighted by molar-refractivity contribution is 5.17. The predicted molar refractivity (Wildman–Crippen MR) is 79.4 cm³/mol. The van der Waals surface area contributed by atoms with Crippen LogP contribution in [0.5, 0.6) is 0 Å². The van der Waals surface area contributed by atoms with Crippen LogP contribution in [-0.2, 0) is 9.47 Å². The second-order valence-corrected chi connectivity index (χ2v) is 4.95. The fraction of sp³-hybridized carbons (Fsp3) is 0.625. The molecule has 3 heteroatoms. The minimum Gasteiger partial charge on any atom is -0.379 e. The number of hydrogen-bond acceptors (Lipinski definition) is 3. The molecule has 1 aromatic rings. The lowest BCUT2D eigenvalue weighted by atomic mass is 10.1. The molecule has 0 fully saturated rings. The van der Waals surface area contributed by atoms with E-state index in [-0.39, 0.29) is 6.10 Å². The summed E-state index contributed by atoms with van der Waals surface area (Å²) in [5.74, 6) is 0. The van der Waals surface area contributed by atoms with Crippen LogP contribution in [0.2, 0.25) is 0 Å². The summed E-state index contributed by atoms with van der Waals surface area (Å²) >= 11 is 0. The zero-order valence-corrected chi connectivity index (χ0v) is 12.4. The van der Waals surface area contributed by atoms with E-state index in [0.717, 1.165) is 19.6 Å². The Kier molecular flexibility index (Phi) is 8.47. The van der Waals surface area contributed by atoms with Crippen LogP contribution in [0, 0.1) is 0 Å². The molecule has 1 rings (SSSR count). The van der Waals surface area contributed by atoms with Crippen molar-refractivity contribution in [3.63, 3.8) is 0 Å². The first-order valence-electron chi connectivity index (χ1n) is 7.21. The molecule has 1 atom stereocenters. The normalized spacial score (nSPS) is 12.8. The van der Waals surface area contributed by atoms with Crippen LogP contribution >= 0.6 is 0 Å². The monoisotopic (exact) mass is 265 g/mol. The fourth-order valence-corrected chi connectivity index (χ4v) is 1.78. The maximum atomic E-state index is 5.94. The lowest BCUT2D eigenvalue weighted by Crippen LogP contribution is -2.29. The molecule has 0 aliphatic heterocycles. The lowest BCUT2D eigenvalue weighted by Gasteiger charge is -2.20. The van der Waals surface area contributed by atoms with E-state index in [1.54, 1.807) is 0 Å². The lowest BCUT2D eigenvalue weighted by molar-refractivity contribution is 0.00359. The summed E-state index contributed by atoms with van der Waals surface area (Å²) in [6.07, 6.45) is 1.14. The van der Waals surface area contributed by atoms with Gasteiger partial charge in [0.1, 0.15) is 0 Å². The number of benzene rings is 1. The molecule has 0 aliphatic carbocycles. The van der Waals surface area contributed by atoms with Gasteiger partial charge in [0.2, 0.25) is 0 Å². The molecule has 0 bridgehead atoms. The molecule has 1 N–H and O–H groups in total. The maximum Gasteiger partial charge on any atom is 0.0950 e. The predicted octanol–water partition coefficient (Wildman–Crippen LogP) is 3.17. The molecule has 108 valence electrons. The molecule has 1 unspecified atom stereocenters. The molecule has 0 aliphatic rings. The van der Waals surface area contributed by atoms with Gasteiger partial charge in [-0.05, 0) is 12.0 Å². The van der Waals surface area contributed by atoms with E-state index >= 15 is 0 Å². The van der Waals surface area contributed by atoms with Crippen LogP contribution in [0.15, 0.2) is 30.3 Å². The summed E-state index contributed by atoms with van der Waals surface area (Å²) in [5, 5.41) is 3.43. The van der Waals surface area contributed by atoms with Gasteiger partial charge in [0.05, 0.1) is 19.3 Å². The average molecular weight is 265 g/mol. The third kappa shape index (κ3) is 7.31. The van der Waals surface area contributed by atoms with Crippen LogP contribution < -0.4 is 5.32 Å². The van der Waals surface area contributed by atoms with Crippen LogP contribution in [-0.4, -0.2) is 32.4 Å². The van der Waals surface area contributed by atoms with Crippen LogP contribution in [0.3, 0.4) is 0 Å². The first kappa shape index (κ1) is 16.2. The smallest absolute Gasteiger partial charge is 0.0950 e. The van der Waals surface area contributed by atoms with E-state index in [1.807, 2.05) is 6.07 Å². The Morgan fingerprint density at radius 2 is 1.79 bits per heavy atom. The third-order valence-electron chi connectivity index (χ3n) is 2.78. The summed E-state index contributed by atoms with van der Waals surface area (Å²) in [7, 11) is 0. The van der Waals surface area contributed by atoms with Gasteiger partial charge in [-0.3, -0.25) is 0 Å². The number of nitrogens with one attached hydrogen (secondary N) is 1. The van der Waals surface area contributed by atoms with E-state index in [1.165, 1.54) is 5.56 Å². The fourth-order valence-electron chi connectivity index (χ4n) is 1.78. The van der Waals surface area contributed by atoms with Crippen LogP contribution in [0.4, 0.5) is 0 Å². The van der Waals surface area contributed by atoms with Gasteiger partial charge in [-0.1, -0.05) is 51.1 Å². The molecule has 0 saturated carbocycles. The maximum absolute atomic E-state index is 5.94. The Labute approximate surface area is 117 Å². The molecular weight excluding hydrogens is 238 g/mol. The third-order valence-corrected chi connectivity index (χ3v) is 2.78. The van der Waals surface area contributed by atoms with Crippen molar-refractivity contribution in [1.29, 1.82) is 0 Å². The Morgan fingerprint density at radius 3 is 2.42 bits per heavy atom. The van der Waals surface area contributed by atoms with E-state index in [2.05, 4.69) is 50.4 Å². The highest BCUT2D eigenvalue weighted by Crippen LogP contribution is 2.16. The highest BCUT2D eigenvalue weighted by Gasteiger charge is 2.11. The first-order chi connectivity index (χ1) is 9.24. The first-order valence-corrected chi connectivity index (χ1v) is 7.21. The minimum absolute atomic E-state index is 0.0915.